The van der Waals surface area contributed by atoms with Gasteiger partial charge in [0.25, 0.3) is 10.1 Å². The Hall–Kier alpha value is -0.250. The van der Waals surface area contributed by atoms with Gasteiger partial charge in [-0.05, 0) is 0 Å². The summed E-state index contributed by atoms with van der Waals surface area (Å²) in [5.74, 6) is 0. The maximum absolute atomic E-state index is 9.19. The standard InChI is InChI=1S/C4H11NO3.CH4O3S/c5-4(1-6,2-7)3-8;1-5(2,3)4/h6-8H,1-3,5H2;1H3,(H,2,3,4). The molecule has 0 amide bonds. The fraction of sp³-hybridized carbons (Fsp3) is 1.00. The molecule has 0 aliphatic carbocycles. The summed E-state index contributed by atoms with van der Waals surface area (Å²) in [6.07, 6.45) is 0.715. The summed E-state index contributed by atoms with van der Waals surface area (Å²) in [5, 5.41) is 25.0. The minimum atomic E-state index is -3.67. The van der Waals surface area contributed by atoms with Crippen molar-refractivity contribution in [2.45, 2.75) is 5.54 Å². The molecule has 7 nitrogen and oxygen atoms in total. The summed E-state index contributed by atoms with van der Waals surface area (Å²) in [7, 11) is -3.67. The van der Waals surface area contributed by atoms with E-state index in [1.807, 2.05) is 0 Å². The van der Waals surface area contributed by atoms with Crippen molar-refractivity contribution in [3.63, 3.8) is 0 Å². The molecule has 0 saturated carbocycles. The van der Waals surface area contributed by atoms with Crippen molar-refractivity contribution in [3.05, 3.63) is 0 Å². The van der Waals surface area contributed by atoms with Gasteiger partial charge in [0, 0.05) is 0 Å². The van der Waals surface area contributed by atoms with Crippen molar-refractivity contribution in [3.8, 4) is 0 Å². The zero-order valence-corrected chi connectivity index (χ0v) is 8.03. The summed E-state index contributed by atoms with van der Waals surface area (Å²) < 4.78 is 25.9. The number of hydrogen-bond donors (Lipinski definition) is 5. The van der Waals surface area contributed by atoms with Gasteiger partial charge in [-0.15, -0.1) is 0 Å². The largest absolute Gasteiger partial charge is 0.394 e. The van der Waals surface area contributed by atoms with Gasteiger partial charge in [-0.2, -0.15) is 8.42 Å². The van der Waals surface area contributed by atoms with Crippen LogP contribution < -0.4 is 5.73 Å². The lowest BCUT2D eigenvalue weighted by molar-refractivity contribution is 0.0697. The molecule has 0 spiro atoms. The first-order valence-corrected chi connectivity index (χ1v) is 5.07. The topological polar surface area (TPSA) is 141 Å². The lowest BCUT2D eigenvalue weighted by Crippen LogP contribution is -2.50. The van der Waals surface area contributed by atoms with Gasteiger partial charge in [-0.1, -0.05) is 0 Å². The van der Waals surface area contributed by atoms with E-state index in [-0.39, 0.29) is 0 Å². The molecule has 0 fully saturated rings. The van der Waals surface area contributed by atoms with Crippen molar-refractivity contribution >= 4 is 10.1 Å². The van der Waals surface area contributed by atoms with Crippen LogP contribution in [-0.4, -0.2) is 59.9 Å². The maximum atomic E-state index is 9.19. The number of rotatable bonds is 3. The first kappa shape index (κ1) is 15.2. The van der Waals surface area contributed by atoms with Crippen molar-refractivity contribution in [1.29, 1.82) is 0 Å². The van der Waals surface area contributed by atoms with Crippen LogP contribution in [0.3, 0.4) is 0 Å². The molecule has 0 atom stereocenters. The van der Waals surface area contributed by atoms with E-state index >= 15 is 0 Å². The molecule has 0 rings (SSSR count). The van der Waals surface area contributed by atoms with E-state index in [0.717, 1.165) is 0 Å². The van der Waals surface area contributed by atoms with Crippen LogP contribution in [0.5, 0.6) is 0 Å². The monoisotopic (exact) mass is 217 g/mol. The average molecular weight is 217 g/mol. The van der Waals surface area contributed by atoms with Crippen LogP contribution in [0.2, 0.25) is 0 Å². The van der Waals surface area contributed by atoms with E-state index in [0.29, 0.717) is 6.26 Å². The molecule has 0 aromatic rings. The van der Waals surface area contributed by atoms with E-state index in [2.05, 4.69) is 0 Å². The first-order valence-electron chi connectivity index (χ1n) is 3.22. The minimum Gasteiger partial charge on any atom is -0.394 e. The number of aliphatic hydroxyl groups is 3. The average Bonchev–Trinajstić information content (AvgIpc) is 2.00. The second-order valence-electron chi connectivity index (χ2n) is 2.57. The van der Waals surface area contributed by atoms with Crippen LogP contribution >= 0.6 is 0 Å². The fourth-order valence-electron chi connectivity index (χ4n) is 0.150. The predicted molar refractivity (Wildman–Crippen MR) is 45.6 cm³/mol. The van der Waals surface area contributed by atoms with E-state index in [1.165, 1.54) is 0 Å². The Balaban J connectivity index is 0. The highest BCUT2D eigenvalue weighted by Crippen LogP contribution is 1.93. The predicted octanol–water partition coefficient (Wildman–Crippen LogP) is -2.84. The van der Waals surface area contributed by atoms with Crippen molar-refractivity contribution in [2.24, 2.45) is 5.73 Å². The van der Waals surface area contributed by atoms with Gasteiger partial charge in [0.1, 0.15) is 0 Å². The quantitative estimate of drug-likeness (QED) is 0.321. The molecule has 0 aliphatic rings. The molecule has 8 heteroatoms. The third-order valence-corrected chi connectivity index (χ3v) is 0.945. The summed E-state index contributed by atoms with van der Waals surface area (Å²) >= 11 is 0. The highest BCUT2D eigenvalue weighted by atomic mass is 32.2. The third kappa shape index (κ3) is 14.6. The Morgan fingerprint density at radius 1 is 1.15 bits per heavy atom. The van der Waals surface area contributed by atoms with Crippen LogP contribution in [-0.2, 0) is 10.1 Å². The van der Waals surface area contributed by atoms with Gasteiger partial charge < -0.3 is 21.1 Å². The Morgan fingerprint density at radius 3 is 1.31 bits per heavy atom. The Kier molecular flexibility index (Phi) is 7.31. The summed E-state index contributed by atoms with van der Waals surface area (Å²) in [5.41, 5.74) is 3.94. The van der Waals surface area contributed by atoms with Crippen LogP contribution in [0.4, 0.5) is 0 Å². The highest BCUT2D eigenvalue weighted by Gasteiger charge is 2.20. The zero-order chi connectivity index (χ0) is 11.1. The molecular weight excluding hydrogens is 202 g/mol. The summed E-state index contributed by atoms with van der Waals surface area (Å²) in [6, 6.07) is 0. The Labute approximate surface area is 76.6 Å². The SMILES string of the molecule is CS(=O)(=O)O.NC(CO)(CO)CO. The zero-order valence-electron chi connectivity index (χ0n) is 7.21. The number of hydrogen-bond acceptors (Lipinski definition) is 6. The van der Waals surface area contributed by atoms with Gasteiger partial charge in [0.2, 0.25) is 0 Å². The molecule has 0 radical (unpaired) electrons. The Morgan fingerprint density at radius 2 is 1.31 bits per heavy atom. The van der Waals surface area contributed by atoms with Crippen LogP contribution in [0.15, 0.2) is 0 Å². The molecule has 13 heavy (non-hydrogen) atoms. The molecule has 6 N–H and O–H groups in total. The van der Waals surface area contributed by atoms with Crippen molar-refractivity contribution in [1.82, 2.24) is 0 Å². The first-order chi connectivity index (χ1) is 5.68. The van der Waals surface area contributed by atoms with Crippen LogP contribution in [0.1, 0.15) is 0 Å². The van der Waals surface area contributed by atoms with E-state index in [9.17, 15) is 8.42 Å². The second-order valence-corrected chi connectivity index (χ2v) is 4.04. The molecule has 0 heterocycles. The molecule has 0 aromatic carbocycles. The number of nitrogens with two attached hydrogens (primary N) is 1. The molecule has 0 aliphatic heterocycles. The number of aliphatic hydroxyl groups excluding tert-OH is 3. The summed E-state index contributed by atoms with van der Waals surface area (Å²) in [6.45, 7) is -1.21. The Bertz CT molecular complexity index is 193. The van der Waals surface area contributed by atoms with Crippen molar-refractivity contribution in [2.75, 3.05) is 26.1 Å². The van der Waals surface area contributed by atoms with E-state index in [1.54, 1.807) is 0 Å². The lowest BCUT2D eigenvalue weighted by Gasteiger charge is -2.20. The van der Waals surface area contributed by atoms with Gasteiger partial charge in [0.05, 0.1) is 31.6 Å². The highest BCUT2D eigenvalue weighted by molar-refractivity contribution is 7.85. The second kappa shape index (κ2) is 6.24. The lowest BCUT2D eigenvalue weighted by atomic mass is 10.1. The third-order valence-electron chi connectivity index (χ3n) is 0.945. The molecule has 0 saturated heterocycles. The molecule has 0 aromatic heterocycles. The minimum absolute atomic E-state index is 0.403. The molecule has 0 unspecified atom stereocenters. The van der Waals surface area contributed by atoms with Gasteiger partial charge in [-0.3, -0.25) is 4.55 Å². The van der Waals surface area contributed by atoms with E-state index < -0.39 is 35.5 Å². The van der Waals surface area contributed by atoms with Gasteiger partial charge in [-0.25, -0.2) is 0 Å². The molecule has 0 bridgehead atoms. The normalized spacial score (nSPS) is 11.8. The molecular formula is C5H15NO6S. The smallest absolute Gasteiger partial charge is 0.261 e. The fourth-order valence-corrected chi connectivity index (χ4v) is 0.150. The van der Waals surface area contributed by atoms with Crippen LogP contribution in [0.25, 0.3) is 0 Å². The van der Waals surface area contributed by atoms with Crippen LogP contribution in [0, 0.1) is 0 Å². The summed E-state index contributed by atoms with van der Waals surface area (Å²) in [4.78, 5) is 0. The molecule has 82 valence electrons. The van der Waals surface area contributed by atoms with Gasteiger partial charge >= 0.3 is 0 Å². The van der Waals surface area contributed by atoms with E-state index in [4.69, 9.17) is 25.6 Å². The maximum Gasteiger partial charge on any atom is 0.261 e. The van der Waals surface area contributed by atoms with Crippen molar-refractivity contribution < 1.29 is 28.3 Å². The van der Waals surface area contributed by atoms with Gasteiger partial charge in [0.15, 0.2) is 0 Å².